The molecule has 0 aliphatic carbocycles. The first-order valence-corrected chi connectivity index (χ1v) is 16.6. The van der Waals surface area contributed by atoms with Gasteiger partial charge in [-0.3, -0.25) is 0 Å². The van der Waals surface area contributed by atoms with Gasteiger partial charge in [0.2, 0.25) is 0 Å². The van der Waals surface area contributed by atoms with Gasteiger partial charge >= 0.3 is 0 Å². The van der Waals surface area contributed by atoms with Crippen LogP contribution in [0, 0.1) is 69.2 Å². The number of anilines is 3. The summed E-state index contributed by atoms with van der Waals surface area (Å²) < 4.78 is 0. The Kier molecular flexibility index (Phi) is 19.0. The molecule has 0 saturated heterocycles. The molecule has 0 aliphatic heterocycles. The fourth-order valence-electron chi connectivity index (χ4n) is 5.16. The molecule has 2 nitrogen and oxygen atoms in total. The van der Waals surface area contributed by atoms with Crippen LogP contribution in [0.3, 0.4) is 0 Å². The zero-order valence-corrected chi connectivity index (χ0v) is 31.1. The van der Waals surface area contributed by atoms with E-state index >= 15 is 0 Å². The molecular weight excluding hydrogens is 534 g/mol. The van der Waals surface area contributed by atoms with Crippen LogP contribution in [0.1, 0.15) is 109 Å². The zero-order valence-electron chi connectivity index (χ0n) is 31.1. The zero-order chi connectivity index (χ0) is 34.1. The molecule has 0 radical (unpaired) electrons. The van der Waals surface area contributed by atoms with Crippen molar-refractivity contribution in [3.8, 4) is 0 Å². The number of aliphatic hydroxyl groups is 1. The van der Waals surface area contributed by atoms with Crippen molar-refractivity contribution in [2.24, 2.45) is 0 Å². The Morgan fingerprint density at radius 2 is 0.682 bits per heavy atom. The Labute approximate surface area is 272 Å². The number of benzene rings is 4. The van der Waals surface area contributed by atoms with Crippen LogP contribution in [-0.2, 0) is 6.61 Å². The van der Waals surface area contributed by atoms with Crippen LogP contribution in [-0.4, -0.2) is 5.11 Å². The fourth-order valence-corrected chi connectivity index (χ4v) is 5.16. The smallest absolute Gasteiger partial charge is 0.0681 e. The van der Waals surface area contributed by atoms with Crippen LogP contribution >= 0.6 is 0 Å². The van der Waals surface area contributed by atoms with Gasteiger partial charge in [0.05, 0.1) is 18.0 Å². The van der Waals surface area contributed by atoms with E-state index in [-0.39, 0.29) is 6.61 Å². The minimum absolute atomic E-state index is 0.140. The summed E-state index contributed by atoms with van der Waals surface area (Å²) in [6.45, 7) is 35.0. The van der Waals surface area contributed by atoms with Crippen LogP contribution in [0.25, 0.3) is 0 Å². The number of para-hydroxylation sites is 1. The lowest BCUT2D eigenvalue weighted by molar-refractivity contribution is 0.282. The third-order valence-electron chi connectivity index (χ3n) is 8.41. The highest BCUT2D eigenvalue weighted by molar-refractivity contribution is 5.86. The van der Waals surface area contributed by atoms with Crippen LogP contribution in [0.5, 0.6) is 0 Å². The van der Waals surface area contributed by atoms with Gasteiger partial charge in [0.1, 0.15) is 0 Å². The lowest BCUT2D eigenvalue weighted by Crippen LogP contribution is -2.18. The van der Waals surface area contributed by atoms with Crippen molar-refractivity contribution >= 4 is 17.1 Å². The molecule has 4 aromatic carbocycles. The molecule has 1 N–H and O–H groups in total. The highest BCUT2D eigenvalue weighted by Gasteiger charge is 2.25. The molecule has 0 spiro atoms. The molecule has 4 rings (SSSR count). The maximum absolute atomic E-state index is 8.54. The summed E-state index contributed by atoms with van der Waals surface area (Å²) in [6, 6.07) is 20.4. The van der Waals surface area contributed by atoms with Crippen molar-refractivity contribution in [1.82, 2.24) is 0 Å². The second-order valence-electron chi connectivity index (χ2n) is 11.0. The summed E-state index contributed by atoms with van der Waals surface area (Å²) >= 11 is 0. The molecule has 242 valence electrons. The fraction of sp³-hybridized carbons (Fsp3) is 0.429. The Morgan fingerprint density at radius 3 is 0.932 bits per heavy atom. The van der Waals surface area contributed by atoms with Gasteiger partial charge in [-0.1, -0.05) is 96.5 Å². The van der Waals surface area contributed by atoms with Gasteiger partial charge in [0.25, 0.3) is 0 Å². The molecule has 0 bridgehead atoms. The molecule has 0 saturated carbocycles. The van der Waals surface area contributed by atoms with Gasteiger partial charge < -0.3 is 10.0 Å². The van der Waals surface area contributed by atoms with E-state index < -0.39 is 0 Å². The standard InChI is InChI=1S/C28H35N.C7H8O.C3H8.2C2H6/c1-16-18(3)22(7)27(23(8)19(16)4)29(26-14-12-11-13-15-26)28-24(9)20(5)17(2)21(6)25(28)10;8-6-7-4-2-1-3-5-7;1-3-2;2*1-2/h11-15H,1-10H3;1-5,8H,6H2;3H2,1-2H3;2*1-2H3. The summed E-state index contributed by atoms with van der Waals surface area (Å²) in [4.78, 5) is 2.51. The van der Waals surface area contributed by atoms with Crippen molar-refractivity contribution in [2.45, 2.75) is 124 Å². The lowest BCUT2D eigenvalue weighted by Gasteiger charge is -2.34. The molecule has 0 fully saturated rings. The molecular formula is C42H63NO. The molecule has 0 amide bonds. The SMILES string of the molecule is CC.CC.CCC.Cc1c(C)c(C)c(N(c2ccccc2)c2c(C)c(C)c(C)c(C)c2C)c(C)c1C.OCc1ccccc1. The van der Waals surface area contributed by atoms with Gasteiger partial charge in [-0.2, -0.15) is 0 Å². The largest absolute Gasteiger partial charge is 0.392 e. The van der Waals surface area contributed by atoms with Gasteiger partial charge in [0.15, 0.2) is 0 Å². The van der Waals surface area contributed by atoms with Crippen LogP contribution < -0.4 is 4.90 Å². The second-order valence-corrected chi connectivity index (χ2v) is 11.0. The van der Waals surface area contributed by atoms with E-state index in [0.717, 1.165) is 5.56 Å². The van der Waals surface area contributed by atoms with Crippen LogP contribution in [0.2, 0.25) is 0 Å². The quantitative estimate of drug-likeness (QED) is 0.253. The minimum Gasteiger partial charge on any atom is -0.392 e. The molecule has 0 aliphatic rings. The molecule has 0 unspecified atom stereocenters. The topological polar surface area (TPSA) is 23.5 Å². The minimum atomic E-state index is 0.140. The highest BCUT2D eigenvalue weighted by Crippen LogP contribution is 2.46. The maximum Gasteiger partial charge on any atom is 0.0681 e. The number of hydrogen-bond acceptors (Lipinski definition) is 2. The van der Waals surface area contributed by atoms with Crippen molar-refractivity contribution in [3.63, 3.8) is 0 Å². The summed E-state index contributed by atoms with van der Waals surface area (Å²) in [5.41, 5.74) is 18.7. The van der Waals surface area contributed by atoms with Crippen molar-refractivity contribution in [2.75, 3.05) is 4.90 Å². The third-order valence-corrected chi connectivity index (χ3v) is 8.41. The van der Waals surface area contributed by atoms with Crippen molar-refractivity contribution in [1.29, 1.82) is 0 Å². The molecule has 0 heterocycles. The number of aliphatic hydroxyl groups excluding tert-OH is 1. The lowest BCUT2D eigenvalue weighted by atomic mass is 9.89. The Morgan fingerprint density at radius 1 is 0.432 bits per heavy atom. The number of nitrogens with zero attached hydrogens (tertiary/aromatic N) is 1. The Bertz CT molecular complexity index is 1270. The molecule has 44 heavy (non-hydrogen) atoms. The van der Waals surface area contributed by atoms with E-state index in [1.807, 2.05) is 58.0 Å². The average molecular weight is 598 g/mol. The highest BCUT2D eigenvalue weighted by atomic mass is 16.3. The maximum atomic E-state index is 8.54. The number of hydrogen-bond donors (Lipinski definition) is 1. The van der Waals surface area contributed by atoms with Crippen molar-refractivity contribution < 1.29 is 5.11 Å². The molecule has 2 heteroatoms. The first-order valence-electron chi connectivity index (χ1n) is 16.6. The normalized spacial score (nSPS) is 9.66. The Hall–Kier alpha value is -3.36. The average Bonchev–Trinajstić information content (AvgIpc) is 3.07. The summed E-state index contributed by atoms with van der Waals surface area (Å²) in [5, 5.41) is 8.54. The van der Waals surface area contributed by atoms with E-state index in [9.17, 15) is 0 Å². The monoisotopic (exact) mass is 597 g/mol. The number of rotatable bonds is 4. The van der Waals surface area contributed by atoms with Crippen LogP contribution in [0.4, 0.5) is 17.1 Å². The predicted octanol–water partition coefficient (Wildman–Crippen LogP) is 12.9. The Balaban J connectivity index is 0.00000103. The van der Waals surface area contributed by atoms with E-state index in [0.29, 0.717) is 0 Å². The first kappa shape index (κ1) is 40.6. The molecule has 0 atom stereocenters. The van der Waals surface area contributed by atoms with Gasteiger partial charge in [-0.15, -0.1) is 0 Å². The summed E-state index contributed by atoms with van der Waals surface area (Å²) in [5.74, 6) is 0. The van der Waals surface area contributed by atoms with Crippen LogP contribution in [0.15, 0.2) is 60.7 Å². The van der Waals surface area contributed by atoms with Gasteiger partial charge in [-0.25, -0.2) is 0 Å². The van der Waals surface area contributed by atoms with Crippen molar-refractivity contribution in [3.05, 3.63) is 122 Å². The summed E-state index contributed by atoms with van der Waals surface area (Å²) in [6.07, 6.45) is 1.25. The first-order chi connectivity index (χ1) is 20.9. The van der Waals surface area contributed by atoms with E-state index in [4.69, 9.17) is 5.11 Å². The molecule has 0 aromatic heterocycles. The predicted molar refractivity (Wildman–Crippen MR) is 200 cm³/mol. The second kappa shape index (κ2) is 20.6. The third kappa shape index (κ3) is 9.83. The van der Waals surface area contributed by atoms with Gasteiger partial charge in [-0.05, 0) is 143 Å². The van der Waals surface area contributed by atoms with Gasteiger partial charge in [0, 0.05) is 5.69 Å². The summed E-state index contributed by atoms with van der Waals surface area (Å²) in [7, 11) is 0. The van der Waals surface area contributed by atoms with E-state index in [2.05, 4.69) is 118 Å². The van der Waals surface area contributed by atoms with E-state index in [1.54, 1.807) is 0 Å². The molecule has 4 aromatic rings. The van der Waals surface area contributed by atoms with E-state index in [1.165, 1.54) is 79.1 Å².